The number of methoxy groups -OCH3 is 1. The first-order valence-electron chi connectivity index (χ1n) is 10.4. The first-order chi connectivity index (χ1) is 15.9. The van der Waals surface area contributed by atoms with Crippen LogP contribution < -0.4 is 0 Å². The van der Waals surface area contributed by atoms with E-state index in [1.54, 1.807) is 41.1 Å². The molecule has 1 fully saturated rings. The number of sulfonamides is 1. The van der Waals surface area contributed by atoms with Gasteiger partial charge in [-0.15, -0.1) is 0 Å². The maximum absolute atomic E-state index is 12.8. The summed E-state index contributed by atoms with van der Waals surface area (Å²) in [4.78, 5) is 24.7. The molecule has 0 atom stereocenters. The fourth-order valence-corrected chi connectivity index (χ4v) is 5.21. The lowest BCUT2D eigenvalue weighted by molar-refractivity contribution is -0.145. The number of para-hydroxylation sites is 1. The van der Waals surface area contributed by atoms with Gasteiger partial charge in [0.1, 0.15) is 13.2 Å². The summed E-state index contributed by atoms with van der Waals surface area (Å²) in [5, 5.41) is 0.679. The van der Waals surface area contributed by atoms with Crippen LogP contribution >= 0.6 is 0 Å². The van der Waals surface area contributed by atoms with Gasteiger partial charge in [-0.05, 0) is 23.8 Å². The molecule has 0 unspecified atom stereocenters. The van der Waals surface area contributed by atoms with Gasteiger partial charge in [0.25, 0.3) is 0 Å². The molecular weight excluding hydrogens is 448 g/mol. The van der Waals surface area contributed by atoms with Crippen LogP contribution in [0.4, 0.5) is 0 Å². The van der Waals surface area contributed by atoms with Crippen LogP contribution in [-0.2, 0) is 42.2 Å². The Morgan fingerprint density at radius 2 is 1.82 bits per heavy atom. The number of hydrogen-bond donors (Lipinski definition) is 0. The molecule has 0 saturated carbocycles. The minimum atomic E-state index is -3.64. The highest BCUT2D eigenvalue weighted by Crippen LogP contribution is 2.23. The molecule has 0 bridgehead atoms. The van der Waals surface area contributed by atoms with Crippen LogP contribution in [0.15, 0.2) is 59.6 Å². The number of benzene rings is 2. The van der Waals surface area contributed by atoms with Gasteiger partial charge in [-0.25, -0.2) is 13.2 Å². The van der Waals surface area contributed by atoms with Crippen molar-refractivity contribution in [3.8, 4) is 0 Å². The molecule has 10 heteroatoms. The van der Waals surface area contributed by atoms with Crippen LogP contribution in [0.3, 0.4) is 0 Å². The van der Waals surface area contributed by atoms with E-state index in [9.17, 15) is 18.0 Å². The van der Waals surface area contributed by atoms with E-state index in [0.717, 1.165) is 0 Å². The van der Waals surface area contributed by atoms with Crippen molar-refractivity contribution in [2.75, 3.05) is 33.4 Å². The molecule has 1 aliphatic heterocycles. The molecule has 0 spiro atoms. The average molecular weight is 473 g/mol. The van der Waals surface area contributed by atoms with Crippen LogP contribution in [-0.4, -0.2) is 62.6 Å². The number of esters is 2. The van der Waals surface area contributed by atoms with Crippen LogP contribution in [0.5, 0.6) is 0 Å². The van der Waals surface area contributed by atoms with Gasteiger partial charge in [-0.3, -0.25) is 4.79 Å². The second-order valence-corrected chi connectivity index (χ2v) is 9.44. The van der Waals surface area contributed by atoms with Crippen molar-refractivity contribution in [2.24, 2.45) is 0 Å². The maximum atomic E-state index is 12.8. The van der Waals surface area contributed by atoms with Crippen molar-refractivity contribution in [1.82, 2.24) is 8.87 Å². The predicted octanol–water partition coefficient (Wildman–Crippen LogP) is 2.19. The number of carbonyl (C=O) groups excluding carboxylic acids is 2. The fraction of sp³-hybridized carbons (Fsp3) is 0.304. The monoisotopic (exact) mass is 472 g/mol. The van der Waals surface area contributed by atoms with E-state index in [1.165, 1.54) is 23.5 Å². The zero-order valence-electron chi connectivity index (χ0n) is 18.1. The molecule has 0 aliphatic carbocycles. The Morgan fingerprint density at radius 1 is 1.06 bits per heavy atom. The minimum absolute atomic E-state index is 0.0750. The summed E-state index contributed by atoms with van der Waals surface area (Å²) >= 11 is 0. The van der Waals surface area contributed by atoms with E-state index >= 15 is 0 Å². The largest absolute Gasteiger partial charge is 0.465 e. The van der Waals surface area contributed by atoms with Crippen LogP contribution in [0, 0.1) is 0 Å². The van der Waals surface area contributed by atoms with Crippen molar-refractivity contribution in [3.05, 3.63) is 65.9 Å². The Balaban J connectivity index is 1.45. The van der Waals surface area contributed by atoms with E-state index in [1.807, 2.05) is 6.07 Å². The average Bonchev–Trinajstić information content (AvgIpc) is 3.21. The summed E-state index contributed by atoms with van der Waals surface area (Å²) in [6.07, 6.45) is 1.56. The zero-order chi connectivity index (χ0) is 23.4. The maximum Gasteiger partial charge on any atom is 0.340 e. The SMILES string of the molecule is COC(=O)c1cn(CC(=O)OCc2cccc(S(=O)(=O)N3CCOCC3)c2)c2ccccc12. The molecule has 2 aromatic carbocycles. The van der Waals surface area contributed by atoms with Crippen LogP contribution in [0.2, 0.25) is 0 Å². The van der Waals surface area contributed by atoms with Gasteiger partial charge in [0.15, 0.2) is 0 Å². The number of hydrogen-bond acceptors (Lipinski definition) is 7. The third-order valence-corrected chi connectivity index (χ3v) is 7.29. The lowest BCUT2D eigenvalue weighted by Gasteiger charge is -2.26. The standard InChI is InChI=1S/C23H24N2O7S/c1-30-23(27)20-14-24(21-8-3-2-7-19(20)21)15-22(26)32-16-17-5-4-6-18(13-17)33(28,29)25-9-11-31-12-10-25/h2-8,13-14H,9-12,15-16H2,1H3. The quantitative estimate of drug-likeness (QED) is 0.486. The molecule has 0 N–H and O–H groups in total. The smallest absolute Gasteiger partial charge is 0.340 e. The lowest BCUT2D eigenvalue weighted by atomic mass is 10.2. The first kappa shape index (κ1) is 23.0. The van der Waals surface area contributed by atoms with Crippen molar-refractivity contribution < 1.29 is 32.2 Å². The number of fused-ring (bicyclic) bond motifs is 1. The Morgan fingerprint density at radius 3 is 2.58 bits per heavy atom. The molecule has 1 aliphatic rings. The van der Waals surface area contributed by atoms with Gasteiger partial charge < -0.3 is 18.8 Å². The zero-order valence-corrected chi connectivity index (χ0v) is 18.9. The second kappa shape index (κ2) is 9.74. The lowest BCUT2D eigenvalue weighted by Crippen LogP contribution is -2.40. The van der Waals surface area contributed by atoms with Gasteiger partial charge in [0.05, 0.1) is 30.8 Å². The Bertz CT molecular complexity index is 1280. The van der Waals surface area contributed by atoms with Crippen LogP contribution in [0.1, 0.15) is 15.9 Å². The Labute approximate surface area is 191 Å². The summed E-state index contributed by atoms with van der Waals surface area (Å²) in [6.45, 7) is 1.15. The normalized spacial score (nSPS) is 14.8. The molecule has 1 aromatic heterocycles. The molecule has 9 nitrogen and oxygen atoms in total. The van der Waals surface area contributed by atoms with Gasteiger partial charge in [0.2, 0.25) is 10.0 Å². The Hall–Kier alpha value is -3.21. The highest BCUT2D eigenvalue weighted by Gasteiger charge is 2.26. The third kappa shape index (κ3) is 4.92. The van der Waals surface area contributed by atoms with E-state index in [4.69, 9.17) is 14.2 Å². The summed E-state index contributed by atoms with van der Waals surface area (Å²) in [6, 6.07) is 13.6. The first-order valence-corrected chi connectivity index (χ1v) is 11.8. The predicted molar refractivity (Wildman–Crippen MR) is 119 cm³/mol. The van der Waals surface area contributed by atoms with E-state index < -0.39 is 22.0 Å². The molecule has 174 valence electrons. The van der Waals surface area contributed by atoms with E-state index in [2.05, 4.69) is 0 Å². The molecular formula is C23H24N2O7S. The molecule has 33 heavy (non-hydrogen) atoms. The van der Waals surface area contributed by atoms with Gasteiger partial charge >= 0.3 is 11.9 Å². The number of nitrogens with zero attached hydrogens (tertiary/aromatic N) is 2. The van der Waals surface area contributed by atoms with Crippen molar-refractivity contribution in [1.29, 1.82) is 0 Å². The molecule has 0 amide bonds. The topological polar surface area (TPSA) is 104 Å². The number of ether oxygens (including phenoxy) is 3. The summed E-state index contributed by atoms with van der Waals surface area (Å²) in [5.41, 5.74) is 1.63. The number of aromatic nitrogens is 1. The van der Waals surface area contributed by atoms with Crippen LogP contribution in [0.25, 0.3) is 10.9 Å². The summed E-state index contributed by atoms with van der Waals surface area (Å²) in [7, 11) is -2.34. The highest BCUT2D eigenvalue weighted by molar-refractivity contribution is 7.89. The number of rotatable bonds is 7. The highest BCUT2D eigenvalue weighted by atomic mass is 32.2. The summed E-state index contributed by atoms with van der Waals surface area (Å²) in [5.74, 6) is -1.01. The van der Waals surface area contributed by atoms with E-state index in [-0.39, 0.29) is 18.0 Å². The summed E-state index contributed by atoms with van der Waals surface area (Å²) < 4.78 is 44.1. The minimum Gasteiger partial charge on any atom is -0.465 e. The molecule has 1 saturated heterocycles. The third-order valence-electron chi connectivity index (χ3n) is 5.40. The van der Waals surface area contributed by atoms with Crippen molar-refractivity contribution >= 4 is 32.9 Å². The van der Waals surface area contributed by atoms with E-state index in [0.29, 0.717) is 48.3 Å². The second-order valence-electron chi connectivity index (χ2n) is 7.50. The molecule has 4 rings (SSSR count). The molecule has 3 aromatic rings. The van der Waals surface area contributed by atoms with Gasteiger partial charge in [0, 0.05) is 30.2 Å². The molecule has 0 radical (unpaired) electrons. The Kier molecular flexibility index (Phi) is 6.77. The fourth-order valence-electron chi connectivity index (χ4n) is 3.73. The number of carbonyl (C=O) groups is 2. The van der Waals surface area contributed by atoms with Crippen molar-refractivity contribution in [3.63, 3.8) is 0 Å². The van der Waals surface area contributed by atoms with Gasteiger partial charge in [-0.1, -0.05) is 30.3 Å². The van der Waals surface area contributed by atoms with Crippen molar-refractivity contribution in [2.45, 2.75) is 18.0 Å². The molecule has 2 heterocycles. The number of morpholine rings is 1. The van der Waals surface area contributed by atoms with Gasteiger partial charge in [-0.2, -0.15) is 4.31 Å².